The highest BCUT2D eigenvalue weighted by molar-refractivity contribution is 5.85. The van der Waals surface area contributed by atoms with Crippen LogP contribution in [0.25, 0.3) is 0 Å². The van der Waals surface area contributed by atoms with Gasteiger partial charge in [-0.25, -0.2) is 0 Å². The Kier molecular flexibility index (Phi) is 6.26. The molecule has 0 bridgehead atoms. The molecular formula is C14H21ClN2O3. The number of rotatable bonds is 4. The molecule has 1 aromatic rings. The van der Waals surface area contributed by atoms with Crippen LogP contribution in [0.2, 0.25) is 0 Å². The Morgan fingerprint density at radius 2 is 2.15 bits per heavy atom. The Balaban J connectivity index is 0.00000200. The molecule has 1 amide bonds. The normalized spacial score (nSPS) is 18.5. The first kappa shape index (κ1) is 16.8. The first-order valence-electron chi connectivity index (χ1n) is 6.47. The van der Waals surface area contributed by atoms with E-state index in [1.165, 1.54) is 0 Å². The van der Waals surface area contributed by atoms with Gasteiger partial charge in [-0.1, -0.05) is 32.0 Å². The van der Waals surface area contributed by atoms with Crippen LogP contribution in [0, 0.1) is 5.92 Å². The molecule has 20 heavy (non-hydrogen) atoms. The maximum absolute atomic E-state index is 11.9. The van der Waals surface area contributed by atoms with Gasteiger partial charge in [0.05, 0.1) is 6.61 Å². The highest BCUT2D eigenvalue weighted by atomic mass is 35.5. The average molecular weight is 301 g/mol. The van der Waals surface area contributed by atoms with Crippen molar-refractivity contribution in [3.63, 3.8) is 0 Å². The third kappa shape index (κ3) is 4.10. The van der Waals surface area contributed by atoms with Gasteiger partial charge in [0.1, 0.15) is 5.75 Å². The molecule has 5 nitrogen and oxygen atoms in total. The number of para-hydroxylation sites is 1. The summed E-state index contributed by atoms with van der Waals surface area (Å²) in [4.78, 5) is 11.9. The highest BCUT2D eigenvalue weighted by Gasteiger charge is 2.26. The van der Waals surface area contributed by atoms with Gasteiger partial charge in [0.15, 0.2) is 0 Å². The lowest BCUT2D eigenvalue weighted by molar-refractivity contribution is -0.159. The number of fused-ring (bicyclic) bond motifs is 1. The summed E-state index contributed by atoms with van der Waals surface area (Å²) in [6.07, 6.45) is -0.894. The van der Waals surface area contributed by atoms with E-state index >= 15 is 0 Å². The Bertz CT molecular complexity index is 454. The van der Waals surface area contributed by atoms with Gasteiger partial charge < -0.3 is 20.5 Å². The molecule has 1 aliphatic rings. The molecule has 112 valence electrons. The Morgan fingerprint density at radius 3 is 2.85 bits per heavy atom. The highest BCUT2D eigenvalue weighted by Crippen LogP contribution is 2.25. The Hall–Kier alpha value is -1.30. The third-order valence-electron chi connectivity index (χ3n) is 3.18. The predicted molar refractivity (Wildman–Crippen MR) is 78.7 cm³/mol. The second-order valence-corrected chi connectivity index (χ2v) is 5.02. The van der Waals surface area contributed by atoms with Gasteiger partial charge in [0.25, 0.3) is 12.2 Å². The van der Waals surface area contributed by atoms with E-state index in [1.807, 2.05) is 38.1 Å². The molecule has 2 atom stereocenters. The monoisotopic (exact) mass is 300 g/mol. The van der Waals surface area contributed by atoms with Gasteiger partial charge in [0, 0.05) is 18.2 Å². The molecule has 0 aromatic heterocycles. The lowest BCUT2D eigenvalue weighted by atomic mass is 10.1. The molecule has 0 spiro atoms. The van der Waals surface area contributed by atoms with Gasteiger partial charge in [-0.15, -0.1) is 12.4 Å². The van der Waals surface area contributed by atoms with Gasteiger partial charge >= 0.3 is 0 Å². The molecule has 2 rings (SSSR count). The number of amides is 1. The van der Waals surface area contributed by atoms with E-state index in [0.717, 1.165) is 5.56 Å². The number of benzene rings is 1. The summed E-state index contributed by atoms with van der Waals surface area (Å²) in [7, 11) is 0. The molecule has 0 radical (unpaired) electrons. The number of hydrogen-bond donors (Lipinski definition) is 2. The topological polar surface area (TPSA) is 73.6 Å². The van der Waals surface area contributed by atoms with Crippen molar-refractivity contribution in [2.24, 2.45) is 11.7 Å². The summed E-state index contributed by atoms with van der Waals surface area (Å²) in [6.45, 7) is 4.83. The van der Waals surface area contributed by atoms with Crippen LogP contribution < -0.4 is 15.8 Å². The van der Waals surface area contributed by atoms with Crippen molar-refractivity contribution in [2.75, 3.05) is 6.54 Å². The van der Waals surface area contributed by atoms with E-state index in [4.69, 9.17) is 15.2 Å². The predicted octanol–water partition coefficient (Wildman–Crippen LogP) is 1.44. The molecule has 1 aliphatic heterocycles. The minimum Gasteiger partial charge on any atom is -0.455 e. The summed E-state index contributed by atoms with van der Waals surface area (Å²) in [5, 5.41) is 2.75. The molecule has 6 heteroatoms. The number of ether oxygens (including phenoxy) is 2. The molecule has 1 heterocycles. The molecule has 0 saturated carbocycles. The van der Waals surface area contributed by atoms with E-state index < -0.39 is 6.29 Å². The van der Waals surface area contributed by atoms with Gasteiger partial charge in [-0.05, 0) is 12.0 Å². The minimum atomic E-state index is -0.894. The average Bonchev–Trinajstić information content (AvgIpc) is 2.43. The van der Waals surface area contributed by atoms with E-state index in [0.29, 0.717) is 24.8 Å². The van der Waals surface area contributed by atoms with Gasteiger partial charge in [-0.2, -0.15) is 0 Å². The standard InChI is InChI=1S/C14H20N2O3.ClH/c1-9(2)11(15)7-16-13(17)14-18-8-10-5-3-4-6-12(10)19-14;/h3-6,9,11,14H,7-8,15H2,1-2H3,(H,16,17);1H/t11-,14+;/m1./s1. The smallest absolute Gasteiger partial charge is 0.289 e. The maximum atomic E-state index is 11.9. The summed E-state index contributed by atoms with van der Waals surface area (Å²) in [5.41, 5.74) is 6.82. The molecule has 0 fully saturated rings. The number of nitrogens with one attached hydrogen (secondary N) is 1. The Labute approximate surface area is 125 Å². The van der Waals surface area contributed by atoms with E-state index in [1.54, 1.807) is 0 Å². The number of halogens is 1. The second-order valence-electron chi connectivity index (χ2n) is 5.02. The van der Waals surface area contributed by atoms with Crippen molar-refractivity contribution in [1.29, 1.82) is 0 Å². The van der Waals surface area contributed by atoms with E-state index in [9.17, 15) is 4.79 Å². The fraction of sp³-hybridized carbons (Fsp3) is 0.500. The zero-order valence-corrected chi connectivity index (χ0v) is 12.5. The van der Waals surface area contributed by atoms with Crippen LogP contribution in [0.3, 0.4) is 0 Å². The first-order chi connectivity index (χ1) is 9.08. The van der Waals surface area contributed by atoms with Crippen LogP contribution in [-0.2, 0) is 16.1 Å². The maximum Gasteiger partial charge on any atom is 0.289 e. The zero-order valence-electron chi connectivity index (χ0n) is 11.7. The molecule has 0 unspecified atom stereocenters. The zero-order chi connectivity index (χ0) is 13.8. The van der Waals surface area contributed by atoms with Crippen LogP contribution in [0.1, 0.15) is 19.4 Å². The fourth-order valence-electron chi connectivity index (χ4n) is 1.72. The van der Waals surface area contributed by atoms with Crippen molar-refractivity contribution >= 4 is 18.3 Å². The molecular weight excluding hydrogens is 280 g/mol. The number of nitrogens with two attached hydrogens (primary N) is 1. The lowest BCUT2D eigenvalue weighted by Crippen LogP contribution is -2.47. The Morgan fingerprint density at radius 1 is 1.45 bits per heavy atom. The van der Waals surface area contributed by atoms with Gasteiger partial charge in [0.2, 0.25) is 0 Å². The van der Waals surface area contributed by atoms with Crippen LogP contribution in [0.5, 0.6) is 5.75 Å². The van der Waals surface area contributed by atoms with Crippen LogP contribution in [-0.4, -0.2) is 24.8 Å². The summed E-state index contributed by atoms with van der Waals surface area (Å²) in [5.74, 6) is 0.724. The summed E-state index contributed by atoms with van der Waals surface area (Å²) in [6, 6.07) is 7.46. The van der Waals surface area contributed by atoms with Crippen molar-refractivity contribution in [1.82, 2.24) is 5.32 Å². The first-order valence-corrected chi connectivity index (χ1v) is 6.47. The number of carbonyl (C=O) groups excluding carboxylic acids is 1. The van der Waals surface area contributed by atoms with Crippen molar-refractivity contribution in [3.8, 4) is 5.75 Å². The van der Waals surface area contributed by atoms with E-state index in [2.05, 4.69) is 5.32 Å². The van der Waals surface area contributed by atoms with Crippen molar-refractivity contribution < 1.29 is 14.3 Å². The lowest BCUT2D eigenvalue weighted by Gasteiger charge is -2.26. The molecule has 0 saturated heterocycles. The van der Waals surface area contributed by atoms with Crippen LogP contribution >= 0.6 is 12.4 Å². The number of hydrogen-bond acceptors (Lipinski definition) is 4. The molecule has 1 aromatic carbocycles. The summed E-state index contributed by atoms with van der Waals surface area (Å²) < 4.78 is 10.9. The number of carbonyl (C=O) groups is 1. The van der Waals surface area contributed by atoms with Crippen LogP contribution in [0.15, 0.2) is 24.3 Å². The fourth-order valence-corrected chi connectivity index (χ4v) is 1.72. The quantitative estimate of drug-likeness (QED) is 0.882. The van der Waals surface area contributed by atoms with Crippen molar-refractivity contribution in [2.45, 2.75) is 32.8 Å². The summed E-state index contributed by atoms with van der Waals surface area (Å²) >= 11 is 0. The van der Waals surface area contributed by atoms with E-state index in [-0.39, 0.29) is 24.4 Å². The van der Waals surface area contributed by atoms with Gasteiger partial charge in [-0.3, -0.25) is 4.79 Å². The van der Waals surface area contributed by atoms with Crippen molar-refractivity contribution in [3.05, 3.63) is 29.8 Å². The largest absolute Gasteiger partial charge is 0.455 e. The SMILES string of the molecule is CC(C)[C@H](N)CNC(=O)[C@H]1OCc2ccccc2O1.Cl. The minimum absolute atomic E-state index is 0. The molecule has 0 aliphatic carbocycles. The second kappa shape index (κ2) is 7.47. The molecule has 3 N–H and O–H groups in total. The van der Waals surface area contributed by atoms with Crippen LogP contribution in [0.4, 0.5) is 0 Å². The third-order valence-corrected chi connectivity index (χ3v) is 3.18.